The van der Waals surface area contributed by atoms with E-state index >= 15 is 0 Å². The number of halogens is 1. The van der Waals surface area contributed by atoms with Gasteiger partial charge in [-0.3, -0.25) is 14.8 Å². The molecule has 0 saturated heterocycles. The number of aromatic nitrogens is 5. The summed E-state index contributed by atoms with van der Waals surface area (Å²) >= 11 is 5.71. The Morgan fingerprint density at radius 3 is 2.95 bits per heavy atom. The fourth-order valence-corrected chi connectivity index (χ4v) is 1.89. The van der Waals surface area contributed by atoms with Crippen LogP contribution in [0.4, 0.5) is 11.5 Å². The second kappa shape index (κ2) is 6.24. The minimum Gasteiger partial charge on any atom is -0.364 e. The maximum Gasteiger partial charge on any atom is 0.332 e. The Morgan fingerprint density at radius 1 is 1.50 bits per heavy atom. The number of anilines is 1. The number of nitrogens with one attached hydrogen (secondary N) is 1. The lowest BCUT2D eigenvalue weighted by Gasteiger charge is -2.07. The predicted molar refractivity (Wildman–Crippen MR) is 71.6 cm³/mol. The molecular formula is C10H12ClN7O2. The monoisotopic (exact) mass is 297 g/mol. The minimum atomic E-state index is -0.522. The topological polar surface area (TPSA) is 112 Å². The maximum atomic E-state index is 11.0. The molecule has 2 aromatic heterocycles. The zero-order valence-electron chi connectivity index (χ0n) is 10.7. The largest absolute Gasteiger partial charge is 0.364 e. The molecule has 0 atom stereocenters. The number of nitrogens with zero attached hydrogens (tertiary/aromatic N) is 6. The molecule has 0 aromatic carbocycles. The summed E-state index contributed by atoms with van der Waals surface area (Å²) < 4.78 is 1.67. The van der Waals surface area contributed by atoms with E-state index < -0.39 is 4.92 Å². The molecule has 0 radical (unpaired) electrons. The minimum absolute atomic E-state index is 0.0214. The average Bonchev–Trinajstić information content (AvgIpc) is 2.86. The molecule has 9 nitrogen and oxygen atoms in total. The summed E-state index contributed by atoms with van der Waals surface area (Å²) in [6.45, 7) is 2.67. The van der Waals surface area contributed by atoms with Crippen LogP contribution in [0.25, 0.3) is 0 Å². The molecule has 0 spiro atoms. The van der Waals surface area contributed by atoms with Crippen molar-refractivity contribution in [2.75, 3.05) is 11.9 Å². The summed E-state index contributed by atoms with van der Waals surface area (Å²) in [4.78, 5) is 18.1. The molecule has 2 heterocycles. The Balaban J connectivity index is 1.99. The van der Waals surface area contributed by atoms with Gasteiger partial charge in [-0.05, 0) is 24.9 Å². The van der Waals surface area contributed by atoms with Crippen molar-refractivity contribution >= 4 is 23.1 Å². The predicted octanol–water partition coefficient (Wildman–Crippen LogP) is 1.44. The fraction of sp³-hybridized carbons (Fsp3) is 0.400. The van der Waals surface area contributed by atoms with Gasteiger partial charge < -0.3 is 5.32 Å². The highest BCUT2D eigenvalue weighted by Gasteiger charge is 2.21. The van der Waals surface area contributed by atoms with Crippen LogP contribution in [0.1, 0.15) is 12.1 Å². The van der Waals surface area contributed by atoms with E-state index in [-0.39, 0.29) is 22.5 Å². The molecule has 1 N–H and O–H groups in total. The van der Waals surface area contributed by atoms with E-state index in [9.17, 15) is 10.1 Å². The van der Waals surface area contributed by atoms with Crippen molar-refractivity contribution in [1.82, 2.24) is 25.0 Å². The second-order valence-electron chi connectivity index (χ2n) is 3.98. The van der Waals surface area contributed by atoms with Crippen LogP contribution in [0.3, 0.4) is 0 Å². The third-order valence-electron chi connectivity index (χ3n) is 2.54. The molecule has 106 valence electrons. The molecule has 0 aliphatic heterocycles. The third kappa shape index (κ3) is 3.38. The zero-order valence-corrected chi connectivity index (χ0v) is 11.4. The van der Waals surface area contributed by atoms with E-state index in [0.717, 1.165) is 0 Å². The first-order valence-corrected chi connectivity index (χ1v) is 6.22. The quantitative estimate of drug-likeness (QED) is 0.371. The zero-order chi connectivity index (χ0) is 14.5. The Hall–Kier alpha value is -2.29. The lowest BCUT2D eigenvalue weighted by atomic mass is 10.3. The Morgan fingerprint density at radius 2 is 2.30 bits per heavy atom. The van der Waals surface area contributed by atoms with Gasteiger partial charge in [-0.25, -0.2) is 4.98 Å². The summed E-state index contributed by atoms with van der Waals surface area (Å²) in [6.07, 6.45) is 4.04. The van der Waals surface area contributed by atoms with E-state index in [2.05, 4.69) is 25.6 Å². The van der Waals surface area contributed by atoms with Gasteiger partial charge >= 0.3 is 5.69 Å². The number of hydrogen-bond acceptors (Lipinski definition) is 7. The van der Waals surface area contributed by atoms with Gasteiger partial charge in [0.2, 0.25) is 11.1 Å². The van der Waals surface area contributed by atoms with Gasteiger partial charge in [-0.1, -0.05) is 5.21 Å². The smallest absolute Gasteiger partial charge is 0.332 e. The van der Waals surface area contributed by atoms with E-state index in [1.54, 1.807) is 17.1 Å². The van der Waals surface area contributed by atoms with Crippen molar-refractivity contribution in [2.45, 2.75) is 19.9 Å². The number of aryl methyl sites for hydroxylation is 2. The molecule has 0 amide bonds. The van der Waals surface area contributed by atoms with E-state index in [1.807, 2.05) is 0 Å². The van der Waals surface area contributed by atoms with Gasteiger partial charge in [0, 0.05) is 19.3 Å². The second-order valence-corrected chi connectivity index (χ2v) is 4.32. The van der Waals surface area contributed by atoms with Crippen LogP contribution < -0.4 is 5.32 Å². The van der Waals surface area contributed by atoms with Crippen molar-refractivity contribution in [3.63, 3.8) is 0 Å². The van der Waals surface area contributed by atoms with Gasteiger partial charge in [-0.15, -0.1) is 5.10 Å². The molecular weight excluding hydrogens is 286 g/mol. The number of rotatable bonds is 6. The van der Waals surface area contributed by atoms with E-state index in [0.29, 0.717) is 19.5 Å². The summed E-state index contributed by atoms with van der Waals surface area (Å²) in [5, 5.41) is 21.4. The van der Waals surface area contributed by atoms with Crippen molar-refractivity contribution in [3.05, 3.63) is 33.5 Å². The average molecular weight is 298 g/mol. The lowest BCUT2D eigenvalue weighted by Crippen LogP contribution is -2.11. The van der Waals surface area contributed by atoms with Gasteiger partial charge in [0.1, 0.15) is 5.69 Å². The van der Waals surface area contributed by atoms with Crippen molar-refractivity contribution in [3.8, 4) is 0 Å². The molecule has 2 rings (SSSR count). The molecule has 0 aliphatic carbocycles. The highest BCUT2D eigenvalue weighted by Crippen LogP contribution is 2.26. The lowest BCUT2D eigenvalue weighted by molar-refractivity contribution is -0.385. The maximum absolute atomic E-state index is 11.0. The van der Waals surface area contributed by atoms with Crippen LogP contribution in [-0.2, 0) is 6.54 Å². The summed E-state index contributed by atoms with van der Waals surface area (Å²) in [5.74, 6) is 0.131. The third-order valence-corrected chi connectivity index (χ3v) is 2.71. The Kier molecular flexibility index (Phi) is 4.41. The van der Waals surface area contributed by atoms with Gasteiger partial charge in [0.05, 0.1) is 11.1 Å². The molecule has 2 aromatic rings. The van der Waals surface area contributed by atoms with Crippen LogP contribution >= 0.6 is 11.6 Å². The SMILES string of the molecule is Cc1nc(Cl)nc(NCCCn2ccnn2)c1[N+](=O)[O-]. The Bertz CT molecular complexity index is 602. The van der Waals surface area contributed by atoms with Crippen molar-refractivity contribution < 1.29 is 4.92 Å². The molecule has 0 bridgehead atoms. The van der Waals surface area contributed by atoms with Crippen LogP contribution in [0.2, 0.25) is 5.28 Å². The van der Waals surface area contributed by atoms with Gasteiger partial charge in [-0.2, -0.15) is 4.98 Å². The van der Waals surface area contributed by atoms with Gasteiger partial charge in [0.15, 0.2) is 0 Å². The van der Waals surface area contributed by atoms with Crippen LogP contribution in [0, 0.1) is 17.0 Å². The Labute approximate surface area is 119 Å². The summed E-state index contributed by atoms with van der Waals surface area (Å²) in [5.41, 5.74) is 0.0731. The molecule has 0 unspecified atom stereocenters. The molecule has 10 heteroatoms. The van der Waals surface area contributed by atoms with Crippen LogP contribution in [0.15, 0.2) is 12.4 Å². The molecule has 0 fully saturated rings. The number of hydrogen-bond donors (Lipinski definition) is 1. The first kappa shape index (κ1) is 14.1. The van der Waals surface area contributed by atoms with Crippen LogP contribution in [0.5, 0.6) is 0 Å². The summed E-state index contributed by atoms with van der Waals surface area (Å²) in [7, 11) is 0. The van der Waals surface area contributed by atoms with Crippen molar-refractivity contribution in [2.24, 2.45) is 0 Å². The molecule has 0 aliphatic rings. The normalized spacial score (nSPS) is 10.5. The fourth-order valence-electron chi connectivity index (χ4n) is 1.67. The molecule has 20 heavy (non-hydrogen) atoms. The van der Waals surface area contributed by atoms with Crippen LogP contribution in [-0.4, -0.2) is 36.4 Å². The highest BCUT2D eigenvalue weighted by atomic mass is 35.5. The first-order valence-electron chi connectivity index (χ1n) is 5.84. The highest BCUT2D eigenvalue weighted by molar-refractivity contribution is 6.28. The summed E-state index contributed by atoms with van der Waals surface area (Å²) in [6, 6.07) is 0. The van der Waals surface area contributed by atoms with E-state index in [4.69, 9.17) is 11.6 Å². The standard InChI is InChI=1S/C10H12ClN7O2/c1-7-8(18(19)20)9(15-10(11)14-7)12-3-2-5-17-6-4-13-16-17/h4,6H,2-3,5H2,1H3,(H,12,14,15). The van der Waals surface area contributed by atoms with E-state index in [1.165, 1.54) is 6.92 Å². The van der Waals surface area contributed by atoms with Gasteiger partial charge in [0.25, 0.3) is 0 Å². The van der Waals surface area contributed by atoms with Crippen molar-refractivity contribution in [1.29, 1.82) is 0 Å². The first-order chi connectivity index (χ1) is 9.58. The molecule has 0 saturated carbocycles. The number of nitro groups is 1.